The normalized spacial score (nSPS) is 26.0. The average Bonchev–Trinajstić information content (AvgIpc) is 2.43. The first-order valence-electron chi connectivity index (χ1n) is 8.30. The number of halogens is 1. The molecular weight excluding hydrogens is 285 g/mol. The van der Waals surface area contributed by atoms with Gasteiger partial charge in [0.25, 0.3) is 5.91 Å². The lowest BCUT2D eigenvalue weighted by Crippen LogP contribution is -2.59. The van der Waals surface area contributed by atoms with Crippen LogP contribution in [0.2, 0.25) is 0 Å². The smallest absolute Gasteiger partial charge is 0.317 e. The zero-order chi connectivity index (χ0) is 16.0. The highest BCUT2D eigenvalue weighted by Crippen LogP contribution is 2.49. The summed E-state index contributed by atoms with van der Waals surface area (Å²) in [5, 5.41) is 3.01. The van der Waals surface area contributed by atoms with Crippen molar-refractivity contribution in [1.82, 2.24) is 15.1 Å². The van der Waals surface area contributed by atoms with E-state index in [1.165, 1.54) is 0 Å². The molecule has 3 aliphatic rings. The van der Waals surface area contributed by atoms with Crippen LogP contribution in [-0.4, -0.2) is 60.6 Å². The number of hydrogen-bond acceptors (Lipinski definition) is 2. The molecule has 0 bridgehead atoms. The van der Waals surface area contributed by atoms with E-state index < -0.39 is 5.67 Å². The quantitative estimate of drug-likeness (QED) is 0.847. The number of hydrogen-bond donors (Lipinski definition) is 1. The molecular formula is C16H26FN3O2. The molecule has 1 spiro atoms. The van der Waals surface area contributed by atoms with E-state index in [0.717, 1.165) is 32.1 Å². The minimum atomic E-state index is -1.56. The average molecular weight is 311 g/mol. The van der Waals surface area contributed by atoms with Gasteiger partial charge in [-0.3, -0.25) is 4.79 Å². The standard InChI is InChI=1S/C16H26FN3O2/c1-19(2)14(22)18-12-10-15(11-12)6-8-20(9-7-15)13(21)16(17)4-3-5-16/h12H,3-11H2,1-2H3,(H,18,22). The number of rotatable bonds is 2. The fourth-order valence-corrected chi connectivity index (χ4v) is 3.97. The molecule has 0 unspecified atom stereocenters. The Morgan fingerprint density at radius 2 is 1.73 bits per heavy atom. The van der Waals surface area contributed by atoms with Crippen LogP contribution in [0.25, 0.3) is 0 Å². The lowest BCUT2D eigenvalue weighted by Gasteiger charge is -2.53. The molecule has 2 saturated carbocycles. The fraction of sp³-hybridized carbons (Fsp3) is 0.875. The molecule has 1 saturated heterocycles. The molecule has 3 fully saturated rings. The number of amides is 3. The Labute approximate surface area is 131 Å². The molecule has 0 atom stereocenters. The highest BCUT2D eigenvalue weighted by Gasteiger charge is 2.51. The maximum atomic E-state index is 14.2. The number of nitrogens with zero attached hydrogens (tertiary/aromatic N) is 2. The van der Waals surface area contributed by atoms with Gasteiger partial charge in [-0.1, -0.05) is 0 Å². The molecule has 5 nitrogen and oxygen atoms in total. The molecule has 6 heteroatoms. The topological polar surface area (TPSA) is 52.7 Å². The Morgan fingerprint density at radius 1 is 1.14 bits per heavy atom. The van der Waals surface area contributed by atoms with E-state index in [4.69, 9.17) is 0 Å². The summed E-state index contributed by atoms with van der Waals surface area (Å²) in [5.74, 6) is -0.287. The molecule has 2 aliphatic carbocycles. The van der Waals surface area contributed by atoms with E-state index >= 15 is 0 Å². The number of nitrogens with one attached hydrogen (secondary N) is 1. The van der Waals surface area contributed by atoms with Gasteiger partial charge in [0.2, 0.25) is 0 Å². The predicted molar refractivity (Wildman–Crippen MR) is 81.2 cm³/mol. The monoisotopic (exact) mass is 311 g/mol. The van der Waals surface area contributed by atoms with Gasteiger partial charge < -0.3 is 15.1 Å². The summed E-state index contributed by atoms with van der Waals surface area (Å²) in [5.41, 5.74) is -1.31. The second-order valence-corrected chi connectivity index (χ2v) is 7.56. The van der Waals surface area contributed by atoms with Crippen LogP contribution in [0, 0.1) is 5.41 Å². The molecule has 124 valence electrons. The number of piperidine rings is 1. The van der Waals surface area contributed by atoms with Gasteiger partial charge in [-0.2, -0.15) is 0 Å². The van der Waals surface area contributed by atoms with Crippen molar-refractivity contribution in [1.29, 1.82) is 0 Å². The van der Waals surface area contributed by atoms with E-state index in [-0.39, 0.29) is 23.4 Å². The maximum Gasteiger partial charge on any atom is 0.317 e. The Morgan fingerprint density at radius 3 is 2.18 bits per heavy atom. The summed E-state index contributed by atoms with van der Waals surface area (Å²) < 4.78 is 14.2. The number of alkyl halides is 1. The summed E-state index contributed by atoms with van der Waals surface area (Å²) in [4.78, 5) is 27.1. The summed E-state index contributed by atoms with van der Waals surface area (Å²) in [6, 6.07) is 0.202. The van der Waals surface area contributed by atoms with Crippen molar-refractivity contribution < 1.29 is 14.0 Å². The first kappa shape index (κ1) is 15.6. The van der Waals surface area contributed by atoms with E-state index in [2.05, 4.69) is 5.32 Å². The van der Waals surface area contributed by atoms with Crippen LogP contribution in [0.15, 0.2) is 0 Å². The molecule has 0 aromatic heterocycles. The van der Waals surface area contributed by atoms with Gasteiger partial charge in [0, 0.05) is 33.2 Å². The van der Waals surface area contributed by atoms with Crippen molar-refractivity contribution in [3.05, 3.63) is 0 Å². The molecule has 1 heterocycles. The van der Waals surface area contributed by atoms with E-state index in [9.17, 15) is 14.0 Å². The minimum absolute atomic E-state index is 0.0446. The third-order valence-electron chi connectivity index (χ3n) is 5.73. The third-order valence-corrected chi connectivity index (χ3v) is 5.73. The van der Waals surface area contributed by atoms with Crippen LogP contribution >= 0.6 is 0 Å². The first-order valence-corrected chi connectivity index (χ1v) is 8.30. The van der Waals surface area contributed by atoms with Gasteiger partial charge in [0.15, 0.2) is 5.67 Å². The SMILES string of the molecule is CN(C)C(=O)NC1CC2(CCN(C(=O)C3(F)CCC3)CC2)C1. The van der Waals surface area contributed by atoms with Crippen LogP contribution in [0.4, 0.5) is 9.18 Å². The first-order chi connectivity index (χ1) is 10.3. The summed E-state index contributed by atoms with van der Waals surface area (Å²) in [6.07, 6.45) is 5.45. The lowest BCUT2D eigenvalue weighted by molar-refractivity contribution is -0.153. The van der Waals surface area contributed by atoms with Crippen molar-refractivity contribution >= 4 is 11.9 Å². The van der Waals surface area contributed by atoms with Gasteiger partial charge in [-0.25, -0.2) is 9.18 Å². The van der Waals surface area contributed by atoms with Crippen LogP contribution < -0.4 is 5.32 Å². The molecule has 1 aliphatic heterocycles. The summed E-state index contributed by atoms with van der Waals surface area (Å²) in [7, 11) is 3.47. The Balaban J connectivity index is 1.45. The number of urea groups is 1. The summed E-state index contributed by atoms with van der Waals surface area (Å²) >= 11 is 0. The molecule has 3 amide bonds. The molecule has 3 rings (SSSR count). The highest BCUT2D eigenvalue weighted by molar-refractivity contribution is 5.86. The number of carbonyl (C=O) groups excluding carboxylic acids is 2. The predicted octanol–water partition coefficient (Wildman–Crippen LogP) is 1.92. The van der Waals surface area contributed by atoms with Crippen LogP contribution in [-0.2, 0) is 4.79 Å². The number of carbonyl (C=O) groups is 2. The zero-order valence-electron chi connectivity index (χ0n) is 13.5. The molecule has 0 aromatic carbocycles. The molecule has 0 radical (unpaired) electrons. The summed E-state index contributed by atoms with van der Waals surface area (Å²) in [6.45, 7) is 1.33. The Bertz CT molecular complexity index is 460. The van der Waals surface area contributed by atoms with Crippen LogP contribution in [0.3, 0.4) is 0 Å². The second-order valence-electron chi connectivity index (χ2n) is 7.56. The van der Waals surface area contributed by atoms with Crippen molar-refractivity contribution in [2.24, 2.45) is 5.41 Å². The van der Waals surface area contributed by atoms with E-state index in [1.807, 2.05) is 0 Å². The molecule has 22 heavy (non-hydrogen) atoms. The van der Waals surface area contributed by atoms with Crippen molar-refractivity contribution in [3.63, 3.8) is 0 Å². The van der Waals surface area contributed by atoms with Crippen molar-refractivity contribution in [2.45, 2.75) is 56.7 Å². The van der Waals surface area contributed by atoms with Crippen LogP contribution in [0.1, 0.15) is 44.9 Å². The maximum absolute atomic E-state index is 14.2. The Hall–Kier alpha value is -1.33. The lowest BCUT2D eigenvalue weighted by atomic mass is 9.60. The fourth-order valence-electron chi connectivity index (χ4n) is 3.97. The van der Waals surface area contributed by atoms with Crippen LogP contribution in [0.5, 0.6) is 0 Å². The largest absolute Gasteiger partial charge is 0.340 e. The van der Waals surface area contributed by atoms with E-state index in [0.29, 0.717) is 25.9 Å². The van der Waals surface area contributed by atoms with E-state index in [1.54, 1.807) is 23.9 Å². The van der Waals surface area contributed by atoms with Gasteiger partial charge in [-0.15, -0.1) is 0 Å². The molecule has 0 aromatic rings. The van der Waals surface area contributed by atoms with Gasteiger partial charge in [0.05, 0.1) is 0 Å². The highest BCUT2D eigenvalue weighted by atomic mass is 19.1. The number of likely N-dealkylation sites (tertiary alicyclic amines) is 1. The Kier molecular flexibility index (Phi) is 3.81. The third kappa shape index (κ3) is 2.68. The van der Waals surface area contributed by atoms with Gasteiger partial charge in [-0.05, 0) is 50.4 Å². The zero-order valence-corrected chi connectivity index (χ0v) is 13.5. The second kappa shape index (κ2) is 5.39. The molecule has 1 N–H and O–H groups in total. The van der Waals surface area contributed by atoms with Crippen molar-refractivity contribution in [3.8, 4) is 0 Å². The van der Waals surface area contributed by atoms with Crippen molar-refractivity contribution in [2.75, 3.05) is 27.2 Å². The van der Waals surface area contributed by atoms with Gasteiger partial charge in [0.1, 0.15) is 0 Å². The van der Waals surface area contributed by atoms with Gasteiger partial charge >= 0.3 is 6.03 Å². The minimum Gasteiger partial charge on any atom is -0.340 e.